The van der Waals surface area contributed by atoms with E-state index in [2.05, 4.69) is 165 Å². The van der Waals surface area contributed by atoms with E-state index in [0.717, 1.165) is 109 Å². The van der Waals surface area contributed by atoms with Crippen molar-refractivity contribution in [2.24, 2.45) is 0 Å². The van der Waals surface area contributed by atoms with Crippen LogP contribution in [0.1, 0.15) is 129 Å². The summed E-state index contributed by atoms with van der Waals surface area (Å²) in [7, 11) is 0. The van der Waals surface area contributed by atoms with Crippen molar-refractivity contribution >= 4 is 5.91 Å². The Morgan fingerprint density at radius 2 is 0.796 bits per heavy atom. The summed E-state index contributed by atoms with van der Waals surface area (Å²) in [4.78, 5) is 12.1. The predicted octanol–water partition coefficient (Wildman–Crippen LogP) is 13.1. The van der Waals surface area contributed by atoms with Gasteiger partial charge in [-0.25, -0.2) is 0 Å². The molecule has 4 heteroatoms. The number of hydrogen-bond donors (Lipinski definition) is 3. The molecule has 0 saturated heterocycles. The zero-order valence-corrected chi connectivity index (χ0v) is 33.9. The Morgan fingerprint density at radius 3 is 1.11 bits per heavy atom. The van der Waals surface area contributed by atoms with Crippen LogP contribution in [-0.2, 0) is 4.79 Å². The molecule has 0 saturated carbocycles. The molecule has 0 fully saturated rings. The molecule has 2 unspecified atom stereocenters. The summed E-state index contributed by atoms with van der Waals surface area (Å²) in [5.41, 5.74) is 0. The highest BCUT2D eigenvalue weighted by atomic mass is 16.3. The number of unbranched alkanes of at least 4 members (excludes halogenated alkanes) is 3. The Morgan fingerprint density at radius 1 is 0.463 bits per heavy atom. The first-order valence-corrected chi connectivity index (χ1v) is 20.7. The molecule has 0 bridgehead atoms. The molecule has 0 aromatic heterocycles. The average Bonchev–Trinajstić information content (AvgIpc) is 3.17. The highest BCUT2D eigenvalue weighted by Crippen LogP contribution is 2.05. The molecule has 0 aromatic rings. The van der Waals surface area contributed by atoms with Crippen LogP contribution in [0.5, 0.6) is 0 Å². The number of carbonyl (C=O) groups excluding carboxylic acids is 1. The molecule has 0 aliphatic carbocycles. The summed E-state index contributed by atoms with van der Waals surface area (Å²) in [5.74, 6) is -0.128. The minimum Gasteiger partial charge on any atom is -0.394 e. The first kappa shape index (κ1) is 50.0. The predicted molar refractivity (Wildman–Crippen MR) is 238 cm³/mol. The molecule has 0 rings (SSSR count). The largest absolute Gasteiger partial charge is 0.394 e. The van der Waals surface area contributed by atoms with Crippen LogP contribution >= 0.6 is 0 Å². The van der Waals surface area contributed by atoms with Gasteiger partial charge in [0.1, 0.15) is 0 Å². The van der Waals surface area contributed by atoms with E-state index in [1.807, 2.05) is 6.08 Å². The van der Waals surface area contributed by atoms with Gasteiger partial charge in [-0.3, -0.25) is 4.79 Å². The van der Waals surface area contributed by atoms with E-state index in [4.69, 9.17) is 0 Å². The number of aliphatic hydroxyl groups excluding tert-OH is 2. The molecule has 0 radical (unpaired) electrons. The van der Waals surface area contributed by atoms with Gasteiger partial charge in [0.15, 0.2) is 0 Å². The second kappa shape index (κ2) is 43.4. The maximum Gasteiger partial charge on any atom is 0.220 e. The molecule has 0 spiro atoms. The van der Waals surface area contributed by atoms with Crippen molar-refractivity contribution < 1.29 is 15.0 Å². The molecule has 0 aliphatic heterocycles. The summed E-state index contributed by atoms with van der Waals surface area (Å²) in [5, 5.41) is 22.3. The Bertz CT molecular complexity index is 1250. The lowest BCUT2D eigenvalue weighted by atomic mass is 10.1. The van der Waals surface area contributed by atoms with E-state index in [0.29, 0.717) is 6.42 Å². The second-order valence-corrected chi connectivity index (χ2v) is 13.0. The number of rotatable bonds is 34. The van der Waals surface area contributed by atoms with Gasteiger partial charge in [-0.2, -0.15) is 0 Å². The number of amides is 1. The van der Waals surface area contributed by atoms with Gasteiger partial charge >= 0.3 is 0 Å². The molecule has 0 aromatic carbocycles. The third-order valence-corrected chi connectivity index (χ3v) is 8.00. The summed E-state index contributed by atoms with van der Waals surface area (Å²) < 4.78 is 0. The quantitative estimate of drug-likeness (QED) is 0.0455. The molecule has 1 amide bonds. The first-order valence-electron chi connectivity index (χ1n) is 20.7. The lowest BCUT2D eigenvalue weighted by Crippen LogP contribution is -2.45. The van der Waals surface area contributed by atoms with Crippen molar-refractivity contribution in [1.29, 1.82) is 0 Å². The fourth-order valence-corrected chi connectivity index (χ4v) is 4.87. The minimum atomic E-state index is -0.864. The van der Waals surface area contributed by atoms with Gasteiger partial charge in [-0.05, 0) is 103 Å². The van der Waals surface area contributed by atoms with Gasteiger partial charge in [0.05, 0.1) is 18.8 Å². The van der Waals surface area contributed by atoms with Crippen molar-refractivity contribution in [3.05, 3.63) is 158 Å². The molecule has 0 heterocycles. The number of hydrogen-bond acceptors (Lipinski definition) is 3. The standard InChI is InChI=1S/C50H75NO3/c1-3-5-7-8-9-10-11-12-13-14-15-16-17-18-19-20-21-22-23-24-25-26-27-28-29-30-31-32-33-34-35-36-37-38-39-40-41-42-44-46-50(54)51-48(47-52)49(53)45-43-6-4-2/h5,7,9-10,12-13,15-16,18-19,21-22,24-25,27-28,30-31,33-34,36-37,39-40,43,45,48-49,52-53H,3-4,6,8,11,14,17,20,23,26,29,32,35,38,41-42,44,46-47H2,1-2H3,(H,51,54)/b7-5-,10-9-,13-12-,16-15-,19-18-,22-21-,25-24-,28-27-,31-30-,34-33-,37-36-,40-39-,45-43+. The zero-order chi connectivity index (χ0) is 39.3. The Balaban J connectivity index is 3.73. The molecule has 54 heavy (non-hydrogen) atoms. The van der Waals surface area contributed by atoms with Crippen molar-refractivity contribution in [2.75, 3.05) is 6.61 Å². The molecule has 4 nitrogen and oxygen atoms in total. The van der Waals surface area contributed by atoms with E-state index in [1.165, 1.54) is 0 Å². The molecule has 2 atom stereocenters. The van der Waals surface area contributed by atoms with Crippen LogP contribution < -0.4 is 5.32 Å². The minimum absolute atomic E-state index is 0.128. The third kappa shape index (κ3) is 39.2. The van der Waals surface area contributed by atoms with Crippen LogP contribution in [0, 0.1) is 0 Å². The summed E-state index contributed by atoms with van der Waals surface area (Å²) in [6.45, 7) is 3.94. The Hall–Kier alpha value is -3.99. The van der Waals surface area contributed by atoms with Crippen molar-refractivity contribution in [3.8, 4) is 0 Å². The first-order chi connectivity index (χ1) is 26.7. The van der Waals surface area contributed by atoms with E-state index in [1.54, 1.807) is 6.08 Å². The number of allylic oxidation sites excluding steroid dienone is 25. The van der Waals surface area contributed by atoms with Crippen LogP contribution in [-0.4, -0.2) is 34.9 Å². The maximum atomic E-state index is 12.1. The number of aliphatic hydroxyl groups is 2. The van der Waals surface area contributed by atoms with Gasteiger partial charge in [0, 0.05) is 6.42 Å². The fraction of sp³-hybridized carbons (Fsp3) is 0.460. The topological polar surface area (TPSA) is 69.6 Å². The molecule has 298 valence electrons. The second-order valence-electron chi connectivity index (χ2n) is 13.0. The zero-order valence-electron chi connectivity index (χ0n) is 33.9. The van der Waals surface area contributed by atoms with E-state index in [-0.39, 0.29) is 12.5 Å². The fourth-order valence-electron chi connectivity index (χ4n) is 4.87. The van der Waals surface area contributed by atoms with Crippen molar-refractivity contribution in [2.45, 2.75) is 142 Å². The maximum absolute atomic E-state index is 12.1. The highest BCUT2D eigenvalue weighted by molar-refractivity contribution is 5.76. The van der Waals surface area contributed by atoms with Gasteiger partial charge in [-0.1, -0.05) is 178 Å². The van der Waals surface area contributed by atoms with Gasteiger partial charge in [0.25, 0.3) is 0 Å². The SMILES string of the molecule is CC/C=C\C/C=C\C/C=C\C/C=C\C/C=C\C/C=C\C/C=C\C/C=C\C/C=C\C/C=C\C/C=C\C/C=C\CCCCC(=O)NC(CO)C(O)/C=C/CCC. The number of nitrogens with one attached hydrogen (secondary N) is 1. The Labute approximate surface area is 331 Å². The van der Waals surface area contributed by atoms with Gasteiger partial charge in [-0.15, -0.1) is 0 Å². The lowest BCUT2D eigenvalue weighted by molar-refractivity contribution is -0.123. The summed E-state index contributed by atoms with van der Waals surface area (Å²) in [6, 6.07) is -0.652. The molecule has 3 N–H and O–H groups in total. The van der Waals surface area contributed by atoms with Crippen molar-refractivity contribution in [3.63, 3.8) is 0 Å². The van der Waals surface area contributed by atoms with E-state index >= 15 is 0 Å². The monoisotopic (exact) mass is 738 g/mol. The van der Waals surface area contributed by atoms with Crippen molar-refractivity contribution in [1.82, 2.24) is 5.32 Å². The third-order valence-electron chi connectivity index (χ3n) is 8.00. The van der Waals surface area contributed by atoms with E-state index < -0.39 is 12.1 Å². The molecular formula is C50H75NO3. The molecule has 0 aliphatic rings. The van der Waals surface area contributed by atoms with Gasteiger partial charge < -0.3 is 15.5 Å². The highest BCUT2D eigenvalue weighted by Gasteiger charge is 2.17. The average molecular weight is 738 g/mol. The Kier molecular flexibility index (Phi) is 40.2. The van der Waals surface area contributed by atoms with Gasteiger partial charge in [0.2, 0.25) is 5.91 Å². The number of carbonyl (C=O) groups is 1. The van der Waals surface area contributed by atoms with Crippen LogP contribution in [0.25, 0.3) is 0 Å². The van der Waals surface area contributed by atoms with Crippen LogP contribution in [0.15, 0.2) is 158 Å². The normalized spacial score (nSPS) is 14.7. The smallest absolute Gasteiger partial charge is 0.220 e. The summed E-state index contributed by atoms with van der Waals surface area (Å²) in [6.07, 6.45) is 72.7. The molecular weight excluding hydrogens is 663 g/mol. The van der Waals surface area contributed by atoms with E-state index in [9.17, 15) is 15.0 Å². The summed E-state index contributed by atoms with van der Waals surface area (Å²) >= 11 is 0. The lowest BCUT2D eigenvalue weighted by Gasteiger charge is -2.19. The van der Waals surface area contributed by atoms with Crippen LogP contribution in [0.4, 0.5) is 0 Å². The van der Waals surface area contributed by atoms with Crippen LogP contribution in [0.3, 0.4) is 0 Å². The van der Waals surface area contributed by atoms with Crippen LogP contribution in [0.2, 0.25) is 0 Å².